The first-order chi connectivity index (χ1) is 10.3. The van der Waals surface area contributed by atoms with Gasteiger partial charge in [0.05, 0.1) is 18.9 Å². The lowest BCUT2D eigenvalue weighted by molar-refractivity contribution is 0.104. The summed E-state index contributed by atoms with van der Waals surface area (Å²) in [6.07, 6.45) is 3.21. The molecule has 0 N–H and O–H groups in total. The van der Waals surface area contributed by atoms with Gasteiger partial charge < -0.3 is 9.64 Å². The number of morpholine rings is 1. The van der Waals surface area contributed by atoms with Crippen LogP contribution in [0.4, 0.5) is 5.69 Å². The highest BCUT2D eigenvalue weighted by Gasteiger charge is 2.11. The molecule has 0 radical (unpaired) electrons. The van der Waals surface area contributed by atoms with Crippen molar-refractivity contribution >= 4 is 29.1 Å². The molecule has 0 aliphatic carbocycles. The Hall–Kier alpha value is -2.05. The minimum atomic E-state index is -0.0310. The van der Waals surface area contributed by atoms with Gasteiger partial charge in [-0.3, -0.25) is 4.79 Å². The van der Waals surface area contributed by atoms with Gasteiger partial charge in [-0.05, 0) is 47.9 Å². The van der Waals surface area contributed by atoms with E-state index in [1.165, 1.54) is 17.6 Å². The van der Waals surface area contributed by atoms with E-state index < -0.39 is 0 Å². The van der Waals surface area contributed by atoms with Crippen LogP contribution < -0.4 is 4.90 Å². The van der Waals surface area contributed by atoms with Gasteiger partial charge >= 0.3 is 0 Å². The summed E-state index contributed by atoms with van der Waals surface area (Å²) in [4.78, 5) is 14.3. The van der Waals surface area contributed by atoms with Crippen molar-refractivity contribution in [2.45, 2.75) is 0 Å². The van der Waals surface area contributed by atoms with E-state index in [9.17, 15) is 4.79 Å². The van der Waals surface area contributed by atoms with Gasteiger partial charge in [-0.1, -0.05) is 4.49 Å². The van der Waals surface area contributed by atoms with E-state index in [0.29, 0.717) is 11.3 Å². The highest BCUT2D eigenvalue weighted by Crippen LogP contribution is 2.17. The van der Waals surface area contributed by atoms with Gasteiger partial charge in [-0.2, -0.15) is 0 Å². The molecular weight excluding hydrogens is 286 g/mol. The molecule has 108 valence electrons. The normalized spacial score (nSPS) is 15.5. The largest absolute Gasteiger partial charge is 0.378 e. The number of benzene rings is 1. The lowest BCUT2D eigenvalue weighted by Crippen LogP contribution is -2.36. The Kier molecular flexibility index (Phi) is 4.37. The van der Waals surface area contributed by atoms with E-state index in [-0.39, 0.29) is 5.78 Å². The molecule has 0 unspecified atom stereocenters. The molecular formula is C15H15N3O2S. The fourth-order valence-corrected chi connectivity index (χ4v) is 2.58. The zero-order valence-corrected chi connectivity index (χ0v) is 12.3. The fourth-order valence-electron chi connectivity index (χ4n) is 2.16. The van der Waals surface area contributed by atoms with Crippen LogP contribution in [0, 0.1) is 0 Å². The Morgan fingerprint density at radius 3 is 2.67 bits per heavy atom. The SMILES string of the molecule is O=C(/C=C\c1csnn1)c1ccc(N2CCOCC2)cc1. The molecule has 0 saturated carbocycles. The van der Waals surface area contributed by atoms with Crippen molar-refractivity contribution in [3.63, 3.8) is 0 Å². The van der Waals surface area contributed by atoms with Gasteiger partial charge in [0.2, 0.25) is 0 Å². The number of nitrogens with zero attached hydrogens (tertiary/aromatic N) is 3. The summed E-state index contributed by atoms with van der Waals surface area (Å²) in [5.41, 5.74) is 2.51. The molecule has 6 heteroatoms. The summed E-state index contributed by atoms with van der Waals surface area (Å²) in [6.45, 7) is 3.30. The topological polar surface area (TPSA) is 55.3 Å². The van der Waals surface area contributed by atoms with E-state index in [4.69, 9.17) is 4.74 Å². The molecule has 0 spiro atoms. The molecule has 5 nitrogen and oxygen atoms in total. The van der Waals surface area contributed by atoms with Gasteiger partial charge in [0.15, 0.2) is 5.78 Å². The summed E-state index contributed by atoms with van der Waals surface area (Å²) < 4.78 is 9.08. The second kappa shape index (κ2) is 6.60. The van der Waals surface area contributed by atoms with Crippen LogP contribution in [-0.2, 0) is 4.74 Å². The Morgan fingerprint density at radius 1 is 1.24 bits per heavy atom. The Balaban J connectivity index is 1.67. The summed E-state index contributed by atoms with van der Waals surface area (Å²) in [5, 5.41) is 5.67. The number of ketones is 1. The van der Waals surface area contributed by atoms with E-state index in [1.54, 1.807) is 11.5 Å². The number of carbonyl (C=O) groups excluding carboxylic acids is 1. The molecule has 1 aromatic carbocycles. The third kappa shape index (κ3) is 3.53. The molecule has 2 aromatic rings. The first-order valence-electron chi connectivity index (χ1n) is 6.75. The third-order valence-corrected chi connectivity index (χ3v) is 3.83. The number of aromatic nitrogens is 2. The van der Waals surface area contributed by atoms with Gasteiger partial charge in [0.25, 0.3) is 0 Å². The van der Waals surface area contributed by atoms with Crippen molar-refractivity contribution in [1.29, 1.82) is 0 Å². The van der Waals surface area contributed by atoms with Crippen molar-refractivity contribution in [3.05, 3.63) is 47.0 Å². The number of carbonyl (C=O) groups is 1. The lowest BCUT2D eigenvalue weighted by atomic mass is 10.1. The molecule has 0 amide bonds. The summed E-state index contributed by atoms with van der Waals surface area (Å²) in [7, 11) is 0. The van der Waals surface area contributed by atoms with Gasteiger partial charge in [-0.15, -0.1) is 5.10 Å². The number of hydrogen-bond acceptors (Lipinski definition) is 6. The van der Waals surface area contributed by atoms with Crippen LogP contribution in [0.15, 0.2) is 35.7 Å². The van der Waals surface area contributed by atoms with E-state index in [1.807, 2.05) is 24.3 Å². The van der Waals surface area contributed by atoms with Crippen LogP contribution in [-0.4, -0.2) is 41.7 Å². The minimum Gasteiger partial charge on any atom is -0.378 e. The number of allylic oxidation sites excluding steroid dienone is 1. The third-order valence-electron chi connectivity index (χ3n) is 3.31. The molecule has 3 rings (SSSR count). The summed E-state index contributed by atoms with van der Waals surface area (Å²) >= 11 is 1.27. The molecule has 1 aliphatic rings. The monoisotopic (exact) mass is 301 g/mol. The van der Waals surface area contributed by atoms with Crippen LogP contribution in [0.1, 0.15) is 16.1 Å². The first kappa shape index (κ1) is 13.9. The summed E-state index contributed by atoms with van der Waals surface area (Å²) in [5.74, 6) is -0.0310. The van der Waals surface area contributed by atoms with E-state index in [2.05, 4.69) is 14.5 Å². The average Bonchev–Trinajstić information content (AvgIpc) is 3.07. The van der Waals surface area contributed by atoms with Gasteiger partial charge in [-0.25, -0.2) is 0 Å². The Morgan fingerprint density at radius 2 is 2.00 bits per heavy atom. The number of ether oxygens (including phenoxy) is 1. The van der Waals surface area contributed by atoms with Crippen LogP contribution >= 0.6 is 11.5 Å². The van der Waals surface area contributed by atoms with Crippen LogP contribution in [0.25, 0.3) is 6.08 Å². The van der Waals surface area contributed by atoms with Crippen LogP contribution in [0.5, 0.6) is 0 Å². The quantitative estimate of drug-likeness (QED) is 0.640. The van der Waals surface area contributed by atoms with Crippen molar-refractivity contribution in [2.75, 3.05) is 31.2 Å². The van der Waals surface area contributed by atoms with Crippen molar-refractivity contribution in [3.8, 4) is 0 Å². The Labute approximate surface area is 127 Å². The van der Waals surface area contributed by atoms with E-state index >= 15 is 0 Å². The number of rotatable bonds is 4. The van der Waals surface area contributed by atoms with E-state index in [0.717, 1.165) is 32.0 Å². The second-order valence-electron chi connectivity index (χ2n) is 4.67. The standard InChI is InChI=1S/C15H15N3O2S/c19-15(6-3-13-11-21-17-16-13)12-1-4-14(5-2-12)18-7-9-20-10-8-18/h1-6,11H,7-10H2/b6-3-. The molecule has 1 fully saturated rings. The van der Waals surface area contributed by atoms with Crippen LogP contribution in [0.3, 0.4) is 0 Å². The predicted molar refractivity (Wildman–Crippen MR) is 82.7 cm³/mol. The Bertz CT molecular complexity index is 617. The maximum atomic E-state index is 12.1. The van der Waals surface area contributed by atoms with Crippen molar-refractivity contribution in [1.82, 2.24) is 9.59 Å². The zero-order chi connectivity index (χ0) is 14.5. The van der Waals surface area contributed by atoms with Crippen molar-refractivity contribution in [2.24, 2.45) is 0 Å². The second-order valence-corrected chi connectivity index (χ2v) is 5.28. The molecule has 2 heterocycles. The maximum absolute atomic E-state index is 12.1. The smallest absolute Gasteiger partial charge is 0.185 e. The highest BCUT2D eigenvalue weighted by atomic mass is 32.1. The number of hydrogen-bond donors (Lipinski definition) is 0. The van der Waals surface area contributed by atoms with Gasteiger partial charge in [0.1, 0.15) is 0 Å². The minimum absolute atomic E-state index is 0.0310. The highest BCUT2D eigenvalue weighted by molar-refractivity contribution is 7.03. The molecule has 1 aromatic heterocycles. The molecule has 1 aliphatic heterocycles. The molecule has 0 atom stereocenters. The van der Waals surface area contributed by atoms with Crippen LogP contribution in [0.2, 0.25) is 0 Å². The predicted octanol–water partition coefficient (Wildman–Crippen LogP) is 2.27. The maximum Gasteiger partial charge on any atom is 0.185 e. The lowest BCUT2D eigenvalue weighted by Gasteiger charge is -2.28. The molecule has 21 heavy (non-hydrogen) atoms. The number of anilines is 1. The molecule has 0 bridgehead atoms. The summed E-state index contributed by atoms with van der Waals surface area (Å²) in [6, 6.07) is 7.68. The zero-order valence-electron chi connectivity index (χ0n) is 11.4. The average molecular weight is 301 g/mol. The van der Waals surface area contributed by atoms with Crippen molar-refractivity contribution < 1.29 is 9.53 Å². The first-order valence-corrected chi connectivity index (χ1v) is 7.59. The van der Waals surface area contributed by atoms with Gasteiger partial charge in [0, 0.05) is 29.7 Å². The molecule has 1 saturated heterocycles. The fraction of sp³-hybridized carbons (Fsp3) is 0.267.